The van der Waals surface area contributed by atoms with Gasteiger partial charge in [-0.3, -0.25) is 0 Å². The van der Waals surface area contributed by atoms with Crippen molar-refractivity contribution in [1.82, 2.24) is 0 Å². The van der Waals surface area contributed by atoms with E-state index in [2.05, 4.69) is 0 Å². The van der Waals surface area contributed by atoms with E-state index < -0.39 is 11.9 Å². The molecular formula is C9H7IO4. The smallest absolute Gasteiger partial charge is 0.336 e. The molecule has 0 radical (unpaired) electrons. The minimum Gasteiger partial charge on any atom is -0.478 e. The van der Waals surface area contributed by atoms with Crippen LogP contribution in [0.2, 0.25) is 0 Å². The van der Waals surface area contributed by atoms with Crippen LogP contribution in [0.1, 0.15) is 26.3 Å². The molecule has 0 fully saturated rings. The van der Waals surface area contributed by atoms with E-state index in [0.29, 0.717) is 9.13 Å². The third kappa shape index (κ3) is 2.03. The molecule has 0 amide bonds. The summed E-state index contributed by atoms with van der Waals surface area (Å²) >= 11 is 1.89. The molecule has 1 rings (SSSR count). The van der Waals surface area contributed by atoms with Crippen molar-refractivity contribution in [2.24, 2.45) is 0 Å². The Morgan fingerprint density at radius 3 is 2.21 bits per heavy atom. The van der Waals surface area contributed by atoms with E-state index in [-0.39, 0.29) is 11.1 Å². The zero-order valence-electron chi connectivity index (χ0n) is 7.24. The Kier molecular flexibility index (Phi) is 3.10. The Balaban J connectivity index is 3.43. The van der Waals surface area contributed by atoms with Gasteiger partial charge in [0.05, 0.1) is 11.1 Å². The third-order valence-corrected chi connectivity index (χ3v) is 3.16. The molecule has 0 spiro atoms. The van der Waals surface area contributed by atoms with Crippen LogP contribution in [-0.2, 0) is 0 Å². The van der Waals surface area contributed by atoms with E-state index in [1.807, 2.05) is 22.6 Å². The van der Waals surface area contributed by atoms with Crippen LogP contribution in [0.15, 0.2) is 12.1 Å². The highest BCUT2D eigenvalue weighted by molar-refractivity contribution is 14.1. The fraction of sp³-hybridized carbons (Fsp3) is 0.111. The van der Waals surface area contributed by atoms with Crippen molar-refractivity contribution in [3.63, 3.8) is 0 Å². The molecule has 0 saturated heterocycles. The lowest BCUT2D eigenvalue weighted by Gasteiger charge is -2.04. The van der Waals surface area contributed by atoms with Gasteiger partial charge in [-0.1, -0.05) is 0 Å². The third-order valence-electron chi connectivity index (χ3n) is 1.73. The molecule has 0 aliphatic carbocycles. The molecular weight excluding hydrogens is 299 g/mol. The molecule has 1 aromatic rings. The SMILES string of the molecule is Cc1cc(C(=O)O)cc(C(=O)O)c1I. The van der Waals surface area contributed by atoms with Crippen molar-refractivity contribution in [3.05, 3.63) is 32.4 Å². The molecule has 4 nitrogen and oxygen atoms in total. The first-order chi connectivity index (χ1) is 6.43. The molecule has 2 N–H and O–H groups in total. The van der Waals surface area contributed by atoms with Crippen molar-refractivity contribution in [3.8, 4) is 0 Å². The summed E-state index contributed by atoms with van der Waals surface area (Å²) in [7, 11) is 0. The van der Waals surface area contributed by atoms with Gasteiger partial charge in [-0.05, 0) is 47.2 Å². The normalized spacial score (nSPS) is 9.86. The monoisotopic (exact) mass is 306 g/mol. The fourth-order valence-electron chi connectivity index (χ4n) is 1.05. The molecule has 0 aliphatic rings. The number of carbonyl (C=O) groups is 2. The second-order valence-electron chi connectivity index (χ2n) is 2.76. The van der Waals surface area contributed by atoms with Crippen LogP contribution in [0.3, 0.4) is 0 Å². The number of hydrogen-bond acceptors (Lipinski definition) is 2. The van der Waals surface area contributed by atoms with E-state index in [4.69, 9.17) is 10.2 Å². The van der Waals surface area contributed by atoms with Gasteiger partial charge in [0, 0.05) is 3.57 Å². The van der Waals surface area contributed by atoms with Crippen LogP contribution in [0.4, 0.5) is 0 Å². The van der Waals surface area contributed by atoms with Gasteiger partial charge in [-0.2, -0.15) is 0 Å². The zero-order chi connectivity index (χ0) is 10.9. The Bertz CT molecular complexity index is 412. The number of hydrogen-bond donors (Lipinski definition) is 2. The topological polar surface area (TPSA) is 74.6 Å². The molecule has 14 heavy (non-hydrogen) atoms. The van der Waals surface area contributed by atoms with E-state index in [0.717, 1.165) is 0 Å². The second-order valence-corrected chi connectivity index (χ2v) is 3.84. The zero-order valence-corrected chi connectivity index (χ0v) is 9.40. The highest BCUT2D eigenvalue weighted by Gasteiger charge is 2.14. The number of benzene rings is 1. The lowest BCUT2D eigenvalue weighted by atomic mass is 10.1. The number of carboxylic acids is 2. The molecule has 74 valence electrons. The Hall–Kier alpha value is -1.11. The van der Waals surface area contributed by atoms with Crippen LogP contribution in [-0.4, -0.2) is 22.2 Å². The Morgan fingerprint density at radius 1 is 1.21 bits per heavy atom. The summed E-state index contributed by atoms with van der Waals surface area (Å²) in [6, 6.07) is 2.62. The number of halogens is 1. The summed E-state index contributed by atoms with van der Waals surface area (Å²) in [4.78, 5) is 21.4. The van der Waals surface area contributed by atoms with Gasteiger partial charge in [-0.15, -0.1) is 0 Å². The van der Waals surface area contributed by atoms with Crippen molar-refractivity contribution in [2.45, 2.75) is 6.92 Å². The number of aryl methyl sites for hydroxylation is 1. The van der Waals surface area contributed by atoms with Crippen molar-refractivity contribution >= 4 is 34.5 Å². The minimum atomic E-state index is -1.12. The maximum absolute atomic E-state index is 10.8. The predicted octanol–water partition coefficient (Wildman–Crippen LogP) is 2.00. The van der Waals surface area contributed by atoms with Crippen LogP contribution in [0.25, 0.3) is 0 Å². The molecule has 0 bridgehead atoms. The summed E-state index contributed by atoms with van der Waals surface area (Å²) in [5.41, 5.74) is 0.686. The van der Waals surface area contributed by atoms with Gasteiger partial charge in [-0.25, -0.2) is 9.59 Å². The number of rotatable bonds is 2. The molecule has 0 aliphatic heterocycles. The van der Waals surface area contributed by atoms with E-state index in [1.54, 1.807) is 6.92 Å². The first kappa shape index (κ1) is 11.0. The van der Waals surface area contributed by atoms with Crippen molar-refractivity contribution < 1.29 is 19.8 Å². The van der Waals surface area contributed by atoms with Crippen molar-refractivity contribution in [1.29, 1.82) is 0 Å². The van der Waals surface area contributed by atoms with Gasteiger partial charge in [0.1, 0.15) is 0 Å². The first-order valence-corrected chi connectivity index (χ1v) is 4.78. The Morgan fingerprint density at radius 2 is 1.79 bits per heavy atom. The van der Waals surface area contributed by atoms with E-state index >= 15 is 0 Å². The molecule has 0 heterocycles. The lowest BCUT2D eigenvalue weighted by molar-refractivity contribution is 0.0695. The van der Waals surface area contributed by atoms with E-state index in [9.17, 15) is 9.59 Å². The van der Waals surface area contributed by atoms with Gasteiger partial charge in [0.25, 0.3) is 0 Å². The van der Waals surface area contributed by atoms with Crippen LogP contribution >= 0.6 is 22.6 Å². The average molecular weight is 306 g/mol. The molecule has 0 saturated carbocycles. The lowest BCUT2D eigenvalue weighted by Crippen LogP contribution is -2.06. The largest absolute Gasteiger partial charge is 0.478 e. The average Bonchev–Trinajstić information content (AvgIpc) is 2.08. The first-order valence-electron chi connectivity index (χ1n) is 3.70. The van der Waals surface area contributed by atoms with E-state index in [1.165, 1.54) is 12.1 Å². The Labute approximate surface area is 93.7 Å². The quantitative estimate of drug-likeness (QED) is 0.820. The maximum atomic E-state index is 10.8. The summed E-state index contributed by atoms with van der Waals surface area (Å²) in [6.45, 7) is 1.68. The molecule has 0 aromatic heterocycles. The highest BCUT2D eigenvalue weighted by Crippen LogP contribution is 2.19. The maximum Gasteiger partial charge on any atom is 0.336 e. The van der Waals surface area contributed by atoms with Gasteiger partial charge >= 0.3 is 11.9 Å². The predicted molar refractivity (Wildman–Crippen MR) is 57.8 cm³/mol. The number of carboxylic acid groups (broad SMARTS) is 2. The van der Waals surface area contributed by atoms with Crippen LogP contribution in [0.5, 0.6) is 0 Å². The summed E-state index contributed by atoms with van der Waals surface area (Å²) in [5.74, 6) is -2.23. The molecule has 5 heteroatoms. The van der Waals surface area contributed by atoms with Gasteiger partial charge in [0.15, 0.2) is 0 Å². The molecule has 1 aromatic carbocycles. The highest BCUT2D eigenvalue weighted by atomic mass is 127. The molecule has 0 atom stereocenters. The summed E-state index contributed by atoms with van der Waals surface area (Å²) < 4.78 is 0.570. The summed E-state index contributed by atoms with van der Waals surface area (Å²) in [5, 5.41) is 17.5. The standard InChI is InChI=1S/C9H7IO4/c1-4-2-5(8(11)12)3-6(7(4)10)9(13)14/h2-3H,1H3,(H,11,12)(H,13,14). The number of aromatic carboxylic acids is 2. The van der Waals surface area contributed by atoms with Crippen molar-refractivity contribution in [2.75, 3.05) is 0 Å². The second kappa shape index (κ2) is 3.95. The van der Waals surface area contributed by atoms with Crippen LogP contribution in [0, 0.1) is 10.5 Å². The fourth-order valence-corrected chi connectivity index (χ4v) is 1.59. The molecule has 0 unspecified atom stereocenters. The van der Waals surface area contributed by atoms with Crippen LogP contribution < -0.4 is 0 Å². The van der Waals surface area contributed by atoms with Gasteiger partial charge < -0.3 is 10.2 Å². The minimum absolute atomic E-state index is 0.000293. The summed E-state index contributed by atoms with van der Waals surface area (Å²) in [6.07, 6.45) is 0. The van der Waals surface area contributed by atoms with Gasteiger partial charge in [0.2, 0.25) is 0 Å².